The molecule has 1 aliphatic rings. The lowest BCUT2D eigenvalue weighted by Crippen LogP contribution is -2.40. The molecule has 4 rings (SSSR count). The molecule has 1 fully saturated rings. The summed E-state index contributed by atoms with van der Waals surface area (Å²) in [7, 11) is 1.67. The molecule has 31 heavy (non-hydrogen) atoms. The van der Waals surface area contributed by atoms with Gasteiger partial charge >= 0.3 is 6.09 Å². The fraction of sp³-hybridized carbons (Fsp3) is 0.417. The summed E-state index contributed by atoms with van der Waals surface area (Å²) < 4.78 is 12.9. The van der Waals surface area contributed by atoms with Crippen molar-refractivity contribution in [2.75, 3.05) is 25.1 Å². The number of ether oxygens (including phenoxy) is 2. The van der Waals surface area contributed by atoms with Crippen LogP contribution < -0.4 is 15.0 Å². The lowest BCUT2D eigenvalue weighted by Gasteiger charge is -2.22. The SMILES string of the molecule is COc1ccc(Cn2c(N3CC[C@@H](NC(=O)OC(C)(C)C)C3)nc3ccccc32)cc1. The maximum Gasteiger partial charge on any atom is 0.407 e. The third kappa shape index (κ3) is 4.93. The van der Waals surface area contributed by atoms with Crippen molar-refractivity contribution in [3.05, 3.63) is 54.1 Å². The summed E-state index contributed by atoms with van der Waals surface area (Å²) in [5.41, 5.74) is 2.73. The van der Waals surface area contributed by atoms with Crippen LogP contribution in [0.4, 0.5) is 10.7 Å². The van der Waals surface area contributed by atoms with E-state index in [9.17, 15) is 4.79 Å². The number of nitrogens with one attached hydrogen (secondary N) is 1. The zero-order valence-corrected chi connectivity index (χ0v) is 18.6. The molecule has 0 unspecified atom stereocenters. The Labute approximate surface area is 183 Å². The van der Waals surface area contributed by atoms with Gasteiger partial charge in [0.2, 0.25) is 5.95 Å². The Hall–Kier alpha value is -3.22. The Morgan fingerprint density at radius 1 is 1.16 bits per heavy atom. The van der Waals surface area contributed by atoms with E-state index >= 15 is 0 Å². The Kier molecular flexibility index (Phi) is 5.76. The number of methoxy groups -OCH3 is 1. The Bertz CT molecular complexity index is 1050. The molecule has 1 aliphatic heterocycles. The second-order valence-corrected chi connectivity index (χ2v) is 8.91. The number of nitrogens with zero attached hydrogens (tertiary/aromatic N) is 3. The highest BCUT2D eigenvalue weighted by atomic mass is 16.6. The van der Waals surface area contributed by atoms with Gasteiger partial charge in [0.1, 0.15) is 11.4 Å². The topological polar surface area (TPSA) is 68.6 Å². The third-order valence-electron chi connectivity index (χ3n) is 5.33. The molecule has 0 aliphatic carbocycles. The van der Waals surface area contributed by atoms with E-state index in [1.807, 2.05) is 51.1 Å². The molecule has 3 aromatic rings. The number of imidazole rings is 1. The van der Waals surface area contributed by atoms with Crippen LogP contribution in [-0.2, 0) is 11.3 Å². The standard InChI is InChI=1S/C24H30N4O3/c1-24(2,3)31-23(29)25-18-13-14-27(16-18)22-26-20-7-5-6-8-21(20)28(22)15-17-9-11-19(30-4)12-10-17/h5-12,18H,13-16H2,1-4H3,(H,25,29)/t18-/m1/s1. The van der Waals surface area contributed by atoms with Crippen molar-refractivity contribution >= 4 is 23.1 Å². The first-order chi connectivity index (χ1) is 14.8. The molecule has 0 radical (unpaired) electrons. The first kappa shape index (κ1) is 21.0. The van der Waals surface area contributed by atoms with Crippen LogP contribution in [0.25, 0.3) is 11.0 Å². The minimum absolute atomic E-state index is 0.0316. The molecule has 0 bridgehead atoms. The van der Waals surface area contributed by atoms with E-state index in [1.54, 1.807) is 7.11 Å². The van der Waals surface area contributed by atoms with Crippen molar-refractivity contribution in [1.29, 1.82) is 0 Å². The van der Waals surface area contributed by atoms with Crippen LogP contribution >= 0.6 is 0 Å². The molecule has 0 saturated carbocycles. The molecule has 7 nitrogen and oxygen atoms in total. The molecule has 0 spiro atoms. The summed E-state index contributed by atoms with van der Waals surface area (Å²) in [6.45, 7) is 7.84. The molecule has 7 heteroatoms. The van der Waals surface area contributed by atoms with Crippen molar-refractivity contribution in [2.45, 2.75) is 45.4 Å². The van der Waals surface area contributed by atoms with Gasteiger partial charge in [-0.25, -0.2) is 9.78 Å². The summed E-state index contributed by atoms with van der Waals surface area (Å²) in [4.78, 5) is 19.3. The van der Waals surface area contributed by atoms with Gasteiger partial charge in [-0.3, -0.25) is 0 Å². The van der Waals surface area contributed by atoms with E-state index in [0.717, 1.165) is 35.7 Å². The summed E-state index contributed by atoms with van der Waals surface area (Å²) in [5.74, 6) is 1.76. The quantitative estimate of drug-likeness (QED) is 0.668. The highest BCUT2D eigenvalue weighted by Gasteiger charge is 2.29. The lowest BCUT2D eigenvalue weighted by molar-refractivity contribution is 0.0509. The lowest BCUT2D eigenvalue weighted by atomic mass is 10.2. The predicted octanol–water partition coefficient (Wildman–Crippen LogP) is 4.20. The van der Waals surface area contributed by atoms with E-state index in [4.69, 9.17) is 14.5 Å². The molecule has 1 N–H and O–H groups in total. The van der Waals surface area contributed by atoms with Gasteiger partial charge in [-0.1, -0.05) is 24.3 Å². The predicted molar refractivity (Wildman–Crippen MR) is 122 cm³/mol. The maximum absolute atomic E-state index is 12.2. The highest BCUT2D eigenvalue weighted by molar-refractivity contribution is 5.79. The van der Waals surface area contributed by atoms with Gasteiger partial charge in [0.15, 0.2) is 0 Å². The van der Waals surface area contributed by atoms with Gasteiger partial charge < -0.3 is 24.3 Å². The van der Waals surface area contributed by atoms with E-state index < -0.39 is 5.60 Å². The average Bonchev–Trinajstić information content (AvgIpc) is 3.32. The number of anilines is 1. The summed E-state index contributed by atoms with van der Waals surface area (Å²) in [6, 6.07) is 16.3. The number of amides is 1. The van der Waals surface area contributed by atoms with Gasteiger partial charge in [-0.05, 0) is 57.0 Å². The van der Waals surface area contributed by atoms with E-state index in [2.05, 4.69) is 33.0 Å². The van der Waals surface area contributed by atoms with Crippen LogP contribution in [0.5, 0.6) is 5.75 Å². The molecule has 164 valence electrons. The monoisotopic (exact) mass is 422 g/mol. The number of hydrogen-bond acceptors (Lipinski definition) is 5. The van der Waals surface area contributed by atoms with Crippen molar-refractivity contribution in [3.8, 4) is 5.75 Å². The van der Waals surface area contributed by atoms with Crippen molar-refractivity contribution < 1.29 is 14.3 Å². The minimum Gasteiger partial charge on any atom is -0.497 e. The molecular weight excluding hydrogens is 392 g/mol. The second kappa shape index (κ2) is 8.49. The van der Waals surface area contributed by atoms with Crippen LogP contribution in [0.15, 0.2) is 48.5 Å². The minimum atomic E-state index is -0.505. The Morgan fingerprint density at radius 2 is 1.90 bits per heavy atom. The summed E-state index contributed by atoms with van der Waals surface area (Å²) >= 11 is 0. The van der Waals surface area contributed by atoms with Crippen LogP contribution in [0.1, 0.15) is 32.8 Å². The molecule has 2 heterocycles. The number of aromatic nitrogens is 2. The number of alkyl carbamates (subject to hydrolysis) is 1. The molecular formula is C24H30N4O3. The number of carbonyl (C=O) groups is 1. The smallest absolute Gasteiger partial charge is 0.407 e. The zero-order chi connectivity index (χ0) is 22.0. The van der Waals surface area contributed by atoms with Crippen molar-refractivity contribution in [1.82, 2.24) is 14.9 Å². The average molecular weight is 423 g/mol. The molecule has 1 atom stereocenters. The molecule has 1 aromatic heterocycles. The normalized spacial score (nSPS) is 16.5. The van der Waals surface area contributed by atoms with Crippen LogP contribution in [0.2, 0.25) is 0 Å². The zero-order valence-electron chi connectivity index (χ0n) is 18.6. The Balaban J connectivity index is 1.55. The van der Waals surface area contributed by atoms with E-state index in [1.165, 1.54) is 5.56 Å². The maximum atomic E-state index is 12.2. The van der Waals surface area contributed by atoms with Crippen molar-refractivity contribution in [2.24, 2.45) is 0 Å². The molecule has 2 aromatic carbocycles. The number of fused-ring (bicyclic) bond motifs is 1. The number of rotatable bonds is 5. The first-order valence-electron chi connectivity index (χ1n) is 10.6. The Morgan fingerprint density at radius 3 is 2.61 bits per heavy atom. The van der Waals surface area contributed by atoms with Gasteiger partial charge in [-0.15, -0.1) is 0 Å². The van der Waals surface area contributed by atoms with Gasteiger partial charge in [0.25, 0.3) is 0 Å². The largest absolute Gasteiger partial charge is 0.497 e. The number of benzene rings is 2. The van der Waals surface area contributed by atoms with Gasteiger partial charge in [-0.2, -0.15) is 0 Å². The fourth-order valence-corrected chi connectivity index (χ4v) is 3.91. The van der Waals surface area contributed by atoms with Crippen LogP contribution in [0, 0.1) is 0 Å². The van der Waals surface area contributed by atoms with Gasteiger partial charge in [0.05, 0.1) is 30.7 Å². The van der Waals surface area contributed by atoms with Gasteiger partial charge in [0, 0.05) is 13.1 Å². The van der Waals surface area contributed by atoms with Crippen LogP contribution in [-0.4, -0.2) is 47.5 Å². The van der Waals surface area contributed by atoms with Crippen molar-refractivity contribution in [3.63, 3.8) is 0 Å². The molecule has 1 amide bonds. The van der Waals surface area contributed by atoms with E-state index in [-0.39, 0.29) is 12.1 Å². The summed E-state index contributed by atoms with van der Waals surface area (Å²) in [6.07, 6.45) is 0.483. The fourth-order valence-electron chi connectivity index (χ4n) is 3.91. The third-order valence-corrected chi connectivity index (χ3v) is 5.33. The summed E-state index contributed by atoms with van der Waals surface area (Å²) in [5, 5.41) is 3.00. The van der Waals surface area contributed by atoms with Crippen LogP contribution in [0.3, 0.4) is 0 Å². The number of carbonyl (C=O) groups excluding carboxylic acids is 1. The highest BCUT2D eigenvalue weighted by Crippen LogP contribution is 2.27. The first-order valence-corrected chi connectivity index (χ1v) is 10.6. The molecule has 1 saturated heterocycles. The number of hydrogen-bond donors (Lipinski definition) is 1. The second-order valence-electron chi connectivity index (χ2n) is 8.91. The van der Waals surface area contributed by atoms with E-state index in [0.29, 0.717) is 13.1 Å². The number of para-hydroxylation sites is 2.